The van der Waals surface area contributed by atoms with Crippen molar-refractivity contribution in [2.45, 2.75) is 18.9 Å². The van der Waals surface area contributed by atoms with Crippen molar-refractivity contribution >= 4 is 8.80 Å². The van der Waals surface area contributed by atoms with Crippen LogP contribution in [0.4, 0.5) is 4.39 Å². The highest BCUT2D eigenvalue weighted by atomic mass is 28.4. The zero-order valence-electron chi connectivity index (χ0n) is 10.5. The second-order valence-electron chi connectivity index (χ2n) is 3.78. The van der Waals surface area contributed by atoms with E-state index in [1.165, 1.54) is 12.1 Å². The van der Waals surface area contributed by atoms with E-state index in [0.717, 1.165) is 24.4 Å². The summed E-state index contributed by atoms with van der Waals surface area (Å²) in [5.74, 6) is -0.205. The van der Waals surface area contributed by atoms with Crippen LogP contribution in [0.25, 0.3) is 0 Å². The van der Waals surface area contributed by atoms with Gasteiger partial charge in [0.25, 0.3) is 0 Å². The Hall–Kier alpha value is -0.753. The van der Waals surface area contributed by atoms with Gasteiger partial charge in [0, 0.05) is 27.4 Å². The summed E-state index contributed by atoms with van der Waals surface area (Å²) in [6, 6.07) is 7.30. The number of benzene rings is 1. The molecule has 0 spiro atoms. The zero-order valence-corrected chi connectivity index (χ0v) is 11.5. The minimum Gasteiger partial charge on any atom is -0.377 e. The maximum atomic E-state index is 12.7. The van der Waals surface area contributed by atoms with Crippen LogP contribution in [-0.2, 0) is 19.7 Å². The topological polar surface area (TPSA) is 27.7 Å². The van der Waals surface area contributed by atoms with Gasteiger partial charge in [-0.25, -0.2) is 4.39 Å². The Bertz CT molecular complexity index is 317. The molecule has 0 aromatic heterocycles. The predicted octanol–water partition coefficient (Wildman–Crippen LogP) is 2.64. The first-order chi connectivity index (χ1) is 8.15. The molecule has 0 N–H and O–H groups in total. The summed E-state index contributed by atoms with van der Waals surface area (Å²) in [7, 11) is 2.37. The summed E-state index contributed by atoms with van der Waals surface area (Å²) in [5.41, 5.74) is 1.11. The molecule has 1 aromatic rings. The first kappa shape index (κ1) is 14.3. The van der Waals surface area contributed by atoms with E-state index >= 15 is 0 Å². The van der Waals surface area contributed by atoms with Crippen molar-refractivity contribution in [3.05, 3.63) is 35.6 Å². The van der Waals surface area contributed by atoms with Crippen molar-refractivity contribution in [2.24, 2.45) is 0 Å². The van der Waals surface area contributed by atoms with Crippen LogP contribution in [-0.4, -0.2) is 30.1 Å². The summed E-state index contributed by atoms with van der Waals surface area (Å²) >= 11 is 0. The SMILES string of the molecule is CO[Si](CCCc1ccc(F)cc1)(OC)OC. The van der Waals surface area contributed by atoms with Crippen LogP contribution in [0.15, 0.2) is 24.3 Å². The maximum Gasteiger partial charge on any atom is 0.500 e. The molecule has 0 aliphatic rings. The molecule has 0 atom stereocenters. The van der Waals surface area contributed by atoms with Crippen LogP contribution >= 0.6 is 0 Å². The molecule has 0 saturated carbocycles. The average Bonchev–Trinajstić information content (AvgIpc) is 2.38. The molecule has 0 fully saturated rings. The minimum absolute atomic E-state index is 0.205. The molecule has 0 amide bonds. The fourth-order valence-electron chi connectivity index (χ4n) is 1.72. The van der Waals surface area contributed by atoms with Crippen molar-refractivity contribution in [1.82, 2.24) is 0 Å². The van der Waals surface area contributed by atoms with Gasteiger partial charge in [-0.2, -0.15) is 0 Å². The second kappa shape index (κ2) is 6.86. The Morgan fingerprint density at radius 1 is 1.00 bits per heavy atom. The van der Waals surface area contributed by atoms with E-state index in [0.29, 0.717) is 0 Å². The van der Waals surface area contributed by atoms with Crippen LogP contribution in [0.5, 0.6) is 0 Å². The summed E-state index contributed by atoms with van der Waals surface area (Å²) in [5, 5.41) is 0. The largest absolute Gasteiger partial charge is 0.500 e. The third kappa shape index (κ3) is 4.20. The van der Waals surface area contributed by atoms with Crippen LogP contribution in [0, 0.1) is 5.82 Å². The first-order valence-electron chi connectivity index (χ1n) is 5.55. The van der Waals surface area contributed by atoms with Crippen molar-refractivity contribution in [2.75, 3.05) is 21.3 Å². The summed E-state index contributed by atoms with van der Waals surface area (Å²) < 4.78 is 28.7. The van der Waals surface area contributed by atoms with Gasteiger partial charge in [-0.1, -0.05) is 12.1 Å². The number of hydrogen-bond acceptors (Lipinski definition) is 3. The molecule has 96 valence electrons. The third-order valence-corrected chi connectivity index (χ3v) is 5.63. The number of aryl methyl sites for hydroxylation is 1. The fraction of sp³-hybridized carbons (Fsp3) is 0.500. The molecule has 0 radical (unpaired) electrons. The van der Waals surface area contributed by atoms with Gasteiger partial charge in [0.1, 0.15) is 5.82 Å². The number of hydrogen-bond donors (Lipinski definition) is 0. The molecule has 0 heterocycles. The highest BCUT2D eigenvalue weighted by molar-refractivity contribution is 6.60. The van der Waals surface area contributed by atoms with E-state index < -0.39 is 8.80 Å². The van der Waals surface area contributed by atoms with E-state index in [-0.39, 0.29) is 5.82 Å². The lowest BCUT2D eigenvalue weighted by molar-refractivity contribution is 0.123. The van der Waals surface area contributed by atoms with E-state index in [1.54, 1.807) is 33.5 Å². The summed E-state index contributed by atoms with van der Waals surface area (Å²) in [4.78, 5) is 0. The molecular weight excluding hydrogens is 239 g/mol. The first-order valence-corrected chi connectivity index (χ1v) is 7.49. The Labute approximate surface area is 103 Å². The number of rotatable bonds is 7. The number of halogens is 1. The molecule has 0 bridgehead atoms. The van der Waals surface area contributed by atoms with E-state index in [4.69, 9.17) is 13.3 Å². The smallest absolute Gasteiger partial charge is 0.377 e. The lowest BCUT2D eigenvalue weighted by Crippen LogP contribution is -2.42. The Kier molecular flexibility index (Phi) is 5.77. The Morgan fingerprint density at radius 2 is 1.53 bits per heavy atom. The average molecular weight is 258 g/mol. The lowest BCUT2D eigenvalue weighted by atomic mass is 10.1. The van der Waals surface area contributed by atoms with Crippen molar-refractivity contribution in [3.8, 4) is 0 Å². The van der Waals surface area contributed by atoms with Crippen molar-refractivity contribution < 1.29 is 17.7 Å². The van der Waals surface area contributed by atoms with Crippen LogP contribution in [0.3, 0.4) is 0 Å². The van der Waals surface area contributed by atoms with E-state index in [9.17, 15) is 4.39 Å². The molecular formula is C12H19FO3Si. The molecule has 3 nitrogen and oxygen atoms in total. The van der Waals surface area contributed by atoms with Gasteiger partial charge in [-0.15, -0.1) is 0 Å². The Morgan fingerprint density at radius 3 is 2.00 bits per heavy atom. The standard InChI is InChI=1S/C12H19FO3Si/c1-14-17(15-2,16-3)10-4-5-11-6-8-12(13)9-7-11/h6-9H,4-5,10H2,1-3H3. The molecule has 0 aliphatic heterocycles. The molecule has 0 aliphatic carbocycles. The normalized spacial score (nSPS) is 11.8. The molecule has 1 aromatic carbocycles. The van der Waals surface area contributed by atoms with Crippen molar-refractivity contribution in [1.29, 1.82) is 0 Å². The van der Waals surface area contributed by atoms with Crippen LogP contribution in [0.2, 0.25) is 6.04 Å². The van der Waals surface area contributed by atoms with Gasteiger partial charge in [-0.05, 0) is 30.5 Å². The summed E-state index contributed by atoms with van der Waals surface area (Å²) in [6.07, 6.45) is 1.76. The third-order valence-electron chi connectivity index (χ3n) is 2.79. The van der Waals surface area contributed by atoms with E-state index in [2.05, 4.69) is 0 Å². The molecule has 17 heavy (non-hydrogen) atoms. The second-order valence-corrected chi connectivity index (χ2v) is 6.87. The highest BCUT2D eigenvalue weighted by Gasteiger charge is 2.36. The highest BCUT2D eigenvalue weighted by Crippen LogP contribution is 2.17. The van der Waals surface area contributed by atoms with E-state index in [1.807, 2.05) is 0 Å². The maximum absolute atomic E-state index is 12.7. The fourth-order valence-corrected chi connectivity index (χ4v) is 3.44. The Balaban J connectivity index is 2.43. The predicted molar refractivity (Wildman–Crippen MR) is 66.3 cm³/mol. The van der Waals surface area contributed by atoms with Crippen molar-refractivity contribution in [3.63, 3.8) is 0 Å². The molecule has 0 unspecified atom stereocenters. The van der Waals surface area contributed by atoms with Crippen LogP contribution in [0.1, 0.15) is 12.0 Å². The lowest BCUT2D eigenvalue weighted by Gasteiger charge is -2.24. The van der Waals surface area contributed by atoms with Gasteiger partial charge in [0.15, 0.2) is 0 Å². The monoisotopic (exact) mass is 258 g/mol. The van der Waals surface area contributed by atoms with Gasteiger partial charge in [0.05, 0.1) is 0 Å². The minimum atomic E-state index is -2.46. The van der Waals surface area contributed by atoms with Gasteiger partial charge < -0.3 is 13.3 Å². The molecule has 1 rings (SSSR count). The van der Waals surface area contributed by atoms with Gasteiger partial charge in [0.2, 0.25) is 0 Å². The molecule has 5 heteroatoms. The quantitative estimate of drug-likeness (QED) is 0.704. The van der Waals surface area contributed by atoms with Gasteiger partial charge >= 0.3 is 8.80 Å². The van der Waals surface area contributed by atoms with Crippen LogP contribution < -0.4 is 0 Å². The zero-order chi connectivity index (χ0) is 12.7. The van der Waals surface area contributed by atoms with Gasteiger partial charge in [-0.3, -0.25) is 0 Å². The summed E-state index contributed by atoms with van der Waals surface area (Å²) in [6.45, 7) is 0. The molecule has 0 saturated heterocycles.